The molecule has 5 nitrogen and oxygen atoms in total. The summed E-state index contributed by atoms with van der Waals surface area (Å²) in [7, 11) is 0.876. The van der Waals surface area contributed by atoms with Crippen LogP contribution in [0.4, 0.5) is 0 Å². The van der Waals surface area contributed by atoms with E-state index in [0.29, 0.717) is 24.8 Å². The number of rotatable bonds is 8. The van der Waals surface area contributed by atoms with Crippen LogP contribution < -0.4 is 15.4 Å². The minimum atomic E-state index is -0.866. The van der Waals surface area contributed by atoms with Crippen LogP contribution in [-0.2, 0) is 17.3 Å². The summed E-state index contributed by atoms with van der Waals surface area (Å²) in [4.78, 5) is 4.23. The third kappa shape index (κ3) is 8.24. The molecule has 0 saturated heterocycles. The fourth-order valence-electron chi connectivity index (χ4n) is 2.25. The Bertz CT molecular complexity index is 613. The number of aliphatic imine (C=N–C) groups is 1. The highest BCUT2D eigenvalue weighted by molar-refractivity contribution is 14.0. The molecule has 7 heteroatoms. The minimum absolute atomic E-state index is 0. The zero-order valence-electron chi connectivity index (χ0n) is 16.2. The summed E-state index contributed by atoms with van der Waals surface area (Å²) in [6.07, 6.45) is 2.57. The molecule has 26 heavy (non-hydrogen) atoms. The molecule has 1 fully saturated rings. The van der Waals surface area contributed by atoms with Gasteiger partial charge in [0.2, 0.25) is 0 Å². The van der Waals surface area contributed by atoms with Crippen molar-refractivity contribution in [3.63, 3.8) is 0 Å². The minimum Gasteiger partial charge on any atom is -0.493 e. The van der Waals surface area contributed by atoms with Crippen LogP contribution in [0.3, 0.4) is 0 Å². The lowest BCUT2D eigenvalue weighted by atomic mass is 10.2. The van der Waals surface area contributed by atoms with E-state index in [9.17, 15) is 4.21 Å². The summed E-state index contributed by atoms with van der Waals surface area (Å²) < 4.78 is 17.8. The molecule has 0 heterocycles. The van der Waals surface area contributed by atoms with E-state index >= 15 is 0 Å². The Morgan fingerprint density at radius 1 is 1.27 bits per heavy atom. The van der Waals surface area contributed by atoms with E-state index in [0.717, 1.165) is 23.8 Å². The van der Waals surface area contributed by atoms with Gasteiger partial charge in [-0.3, -0.25) is 9.20 Å². The molecule has 2 rings (SSSR count). The normalized spacial score (nSPS) is 15.8. The monoisotopic (exact) mass is 493 g/mol. The first kappa shape index (κ1) is 23.2. The van der Waals surface area contributed by atoms with Crippen molar-refractivity contribution in [3.8, 4) is 5.75 Å². The van der Waals surface area contributed by atoms with Crippen molar-refractivity contribution in [2.24, 2.45) is 10.9 Å². The Kier molecular flexibility index (Phi) is 9.92. The van der Waals surface area contributed by atoms with Gasteiger partial charge in [0, 0.05) is 47.0 Å². The molecule has 2 N–H and O–H groups in total. The van der Waals surface area contributed by atoms with Crippen LogP contribution in [0, 0.1) is 5.92 Å². The van der Waals surface area contributed by atoms with Crippen molar-refractivity contribution in [2.75, 3.05) is 26.0 Å². The van der Waals surface area contributed by atoms with Gasteiger partial charge in [-0.05, 0) is 45.6 Å². The number of nitrogens with one attached hydrogen (secondary N) is 2. The van der Waals surface area contributed by atoms with Gasteiger partial charge >= 0.3 is 0 Å². The third-order valence-corrected chi connectivity index (χ3v) is 6.02. The maximum absolute atomic E-state index is 12.1. The first-order valence-corrected chi connectivity index (χ1v) is 10.3. The van der Waals surface area contributed by atoms with Gasteiger partial charge in [-0.1, -0.05) is 18.2 Å². The average molecular weight is 493 g/mol. The molecule has 0 bridgehead atoms. The van der Waals surface area contributed by atoms with Crippen molar-refractivity contribution in [3.05, 3.63) is 29.8 Å². The Hall–Kier alpha value is -0.830. The maximum atomic E-state index is 12.1. The Morgan fingerprint density at radius 2 is 1.96 bits per heavy atom. The predicted molar refractivity (Wildman–Crippen MR) is 121 cm³/mol. The molecular formula is C19H32IN3O2S. The third-order valence-electron chi connectivity index (χ3n) is 4.08. The van der Waals surface area contributed by atoms with Crippen LogP contribution in [0.2, 0.25) is 0 Å². The molecule has 1 aliphatic carbocycles. The number of benzene rings is 1. The molecule has 148 valence electrons. The SMILES string of the molecule is CN=C(NCCS(=O)C(C)(C)C)NCc1ccccc1OCC1CC1.I. The second kappa shape index (κ2) is 11.1. The standard InChI is InChI=1S/C19H31N3O2S.HI/c1-19(2,3)25(23)12-11-21-18(20-4)22-13-16-7-5-6-8-17(16)24-14-15-9-10-15;/h5-8,15H,9-14H2,1-4H3,(H2,20,21,22);1H. The van der Waals surface area contributed by atoms with E-state index in [1.165, 1.54) is 12.8 Å². The molecule has 0 amide bonds. The lowest BCUT2D eigenvalue weighted by Gasteiger charge is -2.19. The summed E-state index contributed by atoms with van der Waals surface area (Å²) in [5, 5.41) is 6.53. The highest BCUT2D eigenvalue weighted by Gasteiger charge is 2.22. The van der Waals surface area contributed by atoms with Crippen molar-refractivity contribution < 1.29 is 8.95 Å². The smallest absolute Gasteiger partial charge is 0.191 e. The molecule has 1 aromatic carbocycles. The fraction of sp³-hybridized carbons (Fsp3) is 0.632. The van der Waals surface area contributed by atoms with Gasteiger partial charge in [-0.15, -0.1) is 24.0 Å². The van der Waals surface area contributed by atoms with Gasteiger partial charge in [0.1, 0.15) is 5.75 Å². The van der Waals surface area contributed by atoms with Crippen molar-refractivity contribution in [1.82, 2.24) is 10.6 Å². The number of nitrogens with zero attached hydrogens (tertiary/aromatic N) is 1. The molecule has 1 aromatic rings. The number of hydrogen-bond donors (Lipinski definition) is 2. The van der Waals surface area contributed by atoms with Crippen LogP contribution in [0.5, 0.6) is 5.75 Å². The predicted octanol–water partition coefficient (Wildman–Crippen LogP) is 3.31. The van der Waals surface area contributed by atoms with Crippen LogP contribution in [0.1, 0.15) is 39.2 Å². The van der Waals surface area contributed by atoms with Gasteiger partial charge in [0.15, 0.2) is 5.96 Å². The fourth-order valence-corrected chi connectivity index (χ4v) is 3.15. The van der Waals surface area contributed by atoms with E-state index in [4.69, 9.17) is 4.74 Å². The maximum Gasteiger partial charge on any atom is 0.191 e. The van der Waals surface area contributed by atoms with Gasteiger partial charge < -0.3 is 15.4 Å². The van der Waals surface area contributed by atoms with Crippen LogP contribution in [0.25, 0.3) is 0 Å². The molecule has 0 aromatic heterocycles. The highest BCUT2D eigenvalue weighted by atomic mass is 127. The van der Waals surface area contributed by atoms with Gasteiger partial charge in [0.05, 0.1) is 6.61 Å². The summed E-state index contributed by atoms with van der Waals surface area (Å²) in [6.45, 7) is 8.06. The number of hydrogen-bond acceptors (Lipinski definition) is 3. The van der Waals surface area contributed by atoms with E-state index in [-0.39, 0.29) is 28.7 Å². The summed E-state index contributed by atoms with van der Waals surface area (Å²) >= 11 is 0. The second-order valence-electron chi connectivity index (χ2n) is 7.38. The number of guanidine groups is 1. The van der Waals surface area contributed by atoms with Crippen molar-refractivity contribution >= 4 is 40.7 Å². The van der Waals surface area contributed by atoms with Crippen LogP contribution in [0.15, 0.2) is 29.3 Å². The average Bonchev–Trinajstić information content (AvgIpc) is 3.40. The summed E-state index contributed by atoms with van der Waals surface area (Å²) in [5.74, 6) is 2.99. The first-order chi connectivity index (χ1) is 11.9. The lowest BCUT2D eigenvalue weighted by Crippen LogP contribution is -2.40. The van der Waals surface area contributed by atoms with Gasteiger partial charge in [0.25, 0.3) is 0 Å². The van der Waals surface area contributed by atoms with Crippen molar-refractivity contribution in [1.29, 1.82) is 0 Å². The molecule has 1 saturated carbocycles. The molecular weight excluding hydrogens is 461 g/mol. The molecule has 0 radical (unpaired) electrons. The summed E-state index contributed by atoms with van der Waals surface area (Å²) in [6, 6.07) is 8.10. The number of halogens is 1. The number of para-hydroxylation sites is 1. The van der Waals surface area contributed by atoms with Crippen molar-refractivity contribution in [2.45, 2.75) is 44.9 Å². The van der Waals surface area contributed by atoms with Crippen LogP contribution in [-0.4, -0.2) is 40.9 Å². The summed E-state index contributed by atoms with van der Waals surface area (Å²) in [5.41, 5.74) is 1.12. The molecule has 1 aliphatic rings. The highest BCUT2D eigenvalue weighted by Crippen LogP contribution is 2.30. The van der Waals surface area contributed by atoms with Crippen LogP contribution >= 0.6 is 24.0 Å². The lowest BCUT2D eigenvalue weighted by molar-refractivity contribution is 0.296. The molecule has 0 spiro atoms. The topological polar surface area (TPSA) is 62.7 Å². The zero-order chi connectivity index (χ0) is 18.3. The van der Waals surface area contributed by atoms with E-state index in [2.05, 4.69) is 21.7 Å². The van der Waals surface area contributed by atoms with Gasteiger partial charge in [-0.2, -0.15) is 0 Å². The van der Waals surface area contributed by atoms with E-state index in [1.807, 2.05) is 39.0 Å². The van der Waals surface area contributed by atoms with E-state index < -0.39 is 10.8 Å². The number of ether oxygens (including phenoxy) is 1. The molecule has 1 atom stereocenters. The molecule has 0 aliphatic heterocycles. The van der Waals surface area contributed by atoms with Gasteiger partial charge in [-0.25, -0.2) is 0 Å². The first-order valence-electron chi connectivity index (χ1n) is 8.94. The largest absolute Gasteiger partial charge is 0.493 e. The Balaban J connectivity index is 0.00000338. The second-order valence-corrected chi connectivity index (χ2v) is 9.70. The Labute approximate surface area is 177 Å². The zero-order valence-corrected chi connectivity index (χ0v) is 19.4. The van der Waals surface area contributed by atoms with E-state index in [1.54, 1.807) is 7.05 Å². The Morgan fingerprint density at radius 3 is 2.58 bits per heavy atom. The molecule has 1 unspecified atom stereocenters. The quantitative estimate of drug-likeness (QED) is 0.332.